The van der Waals surface area contributed by atoms with Gasteiger partial charge in [0.05, 0.1) is 6.26 Å². The molecule has 2 rings (SSSR count). The van der Waals surface area contributed by atoms with Crippen LogP contribution in [0.15, 0.2) is 24.3 Å². The predicted octanol–water partition coefficient (Wildman–Crippen LogP) is 1.87. The summed E-state index contributed by atoms with van der Waals surface area (Å²) < 4.78 is 24.1. The Bertz CT molecular complexity index is 717. The second-order valence-corrected chi connectivity index (χ2v) is 8.68. The van der Waals surface area contributed by atoms with E-state index in [0.717, 1.165) is 11.8 Å². The Kier molecular flexibility index (Phi) is 4.52. The van der Waals surface area contributed by atoms with Crippen LogP contribution in [-0.4, -0.2) is 36.8 Å². The van der Waals surface area contributed by atoms with Crippen molar-refractivity contribution in [3.8, 4) is 0 Å². The summed E-state index contributed by atoms with van der Waals surface area (Å²) in [7, 11) is -3.74. The summed E-state index contributed by atoms with van der Waals surface area (Å²) in [5.41, 5.74) is 1.72. The Labute approximate surface area is 136 Å². The van der Waals surface area contributed by atoms with Gasteiger partial charge in [0.1, 0.15) is 6.04 Å². The van der Waals surface area contributed by atoms with E-state index >= 15 is 0 Å². The summed E-state index contributed by atoms with van der Waals surface area (Å²) in [5, 5.41) is 2.69. The van der Waals surface area contributed by atoms with Crippen LogP contribution < -0.4 is 5.32 Å². The van der Waals surface area contributed by atoms with E-state index in [0.29, 0.717) is 9.99 Å². The van der Waals surface area contributed by atoms with E-state index in [1.54, 1.807) is 12.1 Å². The number of anilines is 1. The first kappa shape index (κ1) is 17.5. The third-order valence-corrected chi connectivity index (χ3v) is 5.01. The van der Waals surface area contributed by atoms with Gasteiger partial charge in [-0.15, -0.1) is 0 Å². The molecule has 2 amide bonds. The maximum atomic E-state index is 12.3. The Hall–Kier alpha value is -1.89. The van der Waals surface area contributed by atoms with Gasteiger partial charge in [0.2, 0.25) is 21.8 Å². The molecule has 7 heteroatoms. The van der Waals surface area contributed by atoms with E-state index < -0.39 is 27.9 Å². The van der Waals surface area contributed by atoms with Crippen molar-refractivity contribution >= 4 is 27.5 Å². The standard InChI is InChI=1S/C16H22N2O4S/c1-16(2,3)11-5-7-12(8-6-11)17-15(20)13-9-10-14(19)18(13)23(4,21)22/h5-8,13H,9-10H2,1-4H3,(H,17,20). The molecule has 6 nitrogen and oxygen atoms in total. The van der Waals surface area contributed by atoms with E-state index in [1.165, 1.54) is 0 Å². The summed E-state index contributed by atoms with van der Waals surface area (Å²) >= 11 is 0. The summed E-state index contributed by atoms with van der Waals surface area (Å²) in [5.74, 6) is -1.01. The van der Waals surface area contributed by atoms with Gasteiger partial charge >= 0.3 is 0 Å². The van der Waals surface area contributed by atoms with E-state index in [4.69, 9.17) is 0 Å². The Morgan fingerprint density at radius 1 is 1.22 bits per heavy atom. The van der Waals surface area contributed by atoms with Crippen LogP contribution in [0.25, 0.3) is 0 Å². The normalized spacial score (nSPS) is 19.0. The maximum Gasteiger partial charge on any atom is 0.248 e. The molecule has 1 unspecified atom stereocenters. The molecule has 1 aromatic rings. The molecule has 1 aromatic carbocycles. The molecule has 1 N–H and O–H groups in total. The van der Waals surface area contributed by atoms with Gasteiger partial charge in [-0.25, -0.2) is 12.7 Å². The highest BCUT2D eigenvalue weighted by molar-refractivity contribution is 7.89. The van der Waals surface area contributed by atoms with Gasteiger partial charge in [-0.1, -0.05) is 32.9 Å². The minimum absolute atomic E-state index is 0.00744. The van der Waals surface area contributed by atoms with Gasteiger partial charge in [-0.3, -0.25) is 9.59 Å². The fourth-order valence-electron chi connectivity index (χ4n) is 2.59. The molecular weight excluding hydrogens is 316 g/mol. The van der Waals surface area contributed by atoms with Crippen LogP contribution >= 0.6 is 0 Å². The van der Waals surface area contributed by atoms with Crippen LogP contribution in [0.3, 0.4) is 0 Å². The lowest BCUT2D eigenvalue weighted by atomic mass is 9.87. The second kappa shape index (κ2) is 5.96. The lowest BCUT2D eigenvalue weighted by Gasteiger charge is -2.22. The zero-order chi connectivity index (χ0) is 17.4. The average molecular weight is 338 g/mol. The van der Waals surface area contributed by atoms with Gasteiger partial charge < -0.3 is 5.32 Å². The van der Waals surface area contributed by atoms with Crippen molar-refractivity contribution in [1.29, 1.82) is 0 Å². The summed E-state index contributed by atoms with van der Waals surface area (Å²) in [6.45, 7) is 6.28. The molecule has 0 spiro atoms. The van der Waals surface area contributed by atoms with Gasteiger partial charge in [0.15, 0.2) is 0 Å². The molecule has 1 saturated heterocycles. The lowest BCUT2D eigenvalue weighted by molar-refractivity contribution is -0.128. The van der Waals surface area contributed by atoms with E-state index in [-0.39, 0.29) is 18.3 Å². The predicted molar refractivity (Wildman–Crippen MR) is 88.5 cm³/mol. The Morgan fingerprint density at radius 2 is 1.78 bits per heavy atom. The first-order chi connectivity index (χ1) is 10.5. The monoisotopic (exact) mass is 338 g/mol. The molecule has 0 radical (unpaired) electrons. The second-order valence-electron chi connectivity index (χ2n) is 6.82. The zero-order valence-electron chi connectivity index (χ0n) is 13.8. The number of hydrogen-bond donors (Lipinski definition) is 1. The van der Waals surface area contributed by atoms with E-state index in [1.807, 2.05) is 12.1 Å². The van der Waals surface area contributed by atoms with Crippen LogP contribution in [0.4, 0.5) is 5.69 Å². The minimum Gasteiger partial charge on any atom is -0.324 e. The van der Waals surface area contributed by atoms with Crippen molar-refractivity contribution in [1.82, 2.24) is 4.31 Å². The van der Waals surface area contributed by atoms with Crippen molar-refractivity contribution in [3.05, 3.63) is 29.8 Å². The number of nitrogens with one attached hydrogen (secondary N) is 1. The van der Waals surface area contributed by atoms with Gasteiger partial charge in [0, 0.05) is 12.1 Å². The summed E-state index contributed by atoms with van der Waals surface area (Å²) in [6, 6.07) is 6.42. The van der Waals surface area contributed by atoms with Crippen LogP contribution in [0.1, 0.15) is 39.2 Å². The highest BCUT2D eigenvalue weighted by Crippen LogP contribution is 2.25. The van der Waals surface area contributed by atoms with Crippen LogP contribution in [0, 0.1) is 0 Å². The molecule has 126 valence electrons. The molecule has 1 heterocycles. The Balaban J connectivity index is 2.14. The molecule has 23 heavy (non-hydrogen) atoms. The maximum absolute atomic E-state index is 12.3. The number of amides is 2. The first-order valence-electron chi connectivity index (χ1n) is 7.44. The van der Waals surface area contributed by atoms with Crippen molar-refractivity contribution in [2.45, 2.75) is 45.1 Å². The van der Waals surface area contributed by atoms with Gasteiger partial charge in [-0.2, -0.15) is 0 Å². The molecule has 0 aromatic heterocycles. The SMILES string of the molecule is CC(C)(C)c1ccc(NC(=O)C2CCC(=O)N2S(C)(=O)=O)cc1. The third kappa shape index (κ3) is 3.90. The van der Waals surface area contributed by atoms with Crippen LogP contribution in [0.2, 0.25) is 0 Å². The van der Waals surface area contributed by atoms with Gasteiger partial charge in [-0.05, 0) is 29.5 Å². The van der Waals surface area contributed by atoms with Crippen molar-refractivity contribution in [2.24, 2.45) is 0 Å². The third-order valence-electron chi connectivity index (χ3n) is 3.84. The molecule has 1 aliphatic heterocycles. The van der Waals surface area contributed by atoms with E-state index in [2.05, 4.69) is 26.1 Å². The van der Waals surface area contributed by atoms with E-state index in [9.17, 15) is 18.0 Å². The number of rotatable bonds is 3. The fraction of sp³-hybridized carbons (Fsp3) is 0.500. The molecule has 1 fully saturated rings. The molecule has 1 aliphatic rings. The minimum atomic E-state index is -3.74. The topological polar surface area (TPSA) is 83.6 Å². The number of benzene rings is 1. The quantitative estimate of drug-likeness (QED) is 0.912. The lowest BCUT2D eigenvalue weighted by Crippen LogP contribution is -2.44. The number of nitrogens with zero attached hydrogens (tertiary/aromatic N) is 1. The molecule has 1 atom stereocenters. The van der Waals surface area contributed by atoms with Crippen molar-refractivity contribution in [2.75, 3.05) is 11.6 Å². The Morgan fingerprint density at radius 3 is 2.26 bits per heavy atom. The highest BCUT2D eigenvalue weighted by Gasteiger charge is 2.41. The number of carbonyl (C=O) groups excluding carboxylic acids is 2. The van der Waals surface area contributed by atoms with Gasteiger partial charge in [0.25, 0.3) is 0 Å². The largest absolute Gasteiger partial charge is 0.324 e. The molecule has 0 saturated carbocycles. The van der Waals surface area contributed by atoms with Crippen LogP contribution in [-0.2, 0) is 25.0 Å². The average Bonchev–Trinajstić information content (AvgIpc) is 2.80. The van der Waals surface area contributed by atoms with Crippen LogP contribution in [0.5, 0.6) is 0 Å². The first-order valence-corrected chi connectivity index (χ1v) is 9.28. The molecule has 0 bridgehead atoms. The summed E-state index contributed by atoms with van der Waals surface area (Å²) in [4.78, 5) is 24.0. The number of carbonyl (C=O) groups is 2. The number of hydrogen-bond acceptors (Lipinski definition) is 4. The zero-order valence-corrected chi connectivity index (χ0v) is 14.6. The smallest absolute Gasteiger partial charge is 0.248 e. The summed E-state index contributed by atoms with van der Waals surface area (Å²) in [6.07, 6.45) is 1.21. The molecule has 0 aliphatic carbocycles. The molecular formula is C16H22N2O4S. The highest BCUT2D eigenvalue weighted by atomic mass is 32.2. The number of sulfonamides is 1. The van der Waals surface area contributed by atoms with Crippen molar-refractivity contribution < 1.29 is 18.0 Å². The van der Waals surface area contributed by atoms with Crippen molar-refractivity contribution in [3.63, 3.8) is 0 Å². The fourth-order valence-corrected chi connectivity index (χ4v) is 3.72.